The van der Waals surface area contributed by atoms with Crippen LogP contribution in [0.15, 0.2) is 30.0 Å². The van der Waals surface area contributed by atoms with E-state index in [1.54, 1.807) is 24.3 Å². The molecule has 1 N–H and O–H groups in total. The van der Waals surface area contributed by atoms with Crippen LogP contribution in [0.3, 0.4) is 0 Å². The molecule has 5 heteroatoms. The molecule has 0 aromatic heterocycles. The van der Waals surface area contributed by atoms with E-state index in [2.05, 4.69) is 10.1 Å². The second kappa shape index (κ2) is 5.92. The zero-order valence-corrected chi connectivity index (χ0v) is 10.2. The zero-order valence-electron chi connectivity index (χ0n) is 9.45. The molecule has 0 aliphatic heterocycles. The molecule has 0 unspecified atom stereocenters. The summed E-state index contributed by atoms with van der Waals surface area (Å²) in [4.78, 5) is 11.6. The third-order valence-electron chi connectivity index (χ3n) is 2.03. The highest BCUT2D eigenvalue weighted by Crippen LogP contribution is 2.20. The molecule has 17 heavy (non-hydrogen) atoms. The average molecular weight is 251 g/mol. The number of rotatable bonds is 3. The number of anilines is 1. The van der Waals surface area contributed by atoms with E-state index in [0.29, 0.717) is 10.7 Å². The summed E-state index contributed by atoms with van der Waals surface area (Å²) >= 11 is 5.92. The van der Waals surface area contributed by atoms with E-state index < -0.39 is 5.91 Å². The first kappa shape index (κ1) is 13.1. The number of amides is 1. The van der Waals surface area contributed by atoms with Gasteiger partial charge in [0.2, 0.25) is 0 Å². The van der Waals surface area contributed by atoms with E-state index in [1.165, 1.54) is 7.11 Å². The number of nitrogens with one attached hydrogen (secondary N) is 1. The molecule has 0 bridgehead atoms. The summed E-state index contributed by atoms with van der Waals surface area (Å²) < 4.78 is 4.63. The van der Waals surface area contributed by atoms with Gasteiger partial charge in [0.1, 0.15) is 12.3 Å². The van der Waals surface area contributed by atoms with Crippen molar-refractivity contribution < 1.29 is 9.53 Å². The Bertz CT molecular complexity index is 504. The first-order valence-electron chi connectivity index (χ1n) is 4.79. The molecule has 1 rings (SSSR count). The van der Waals surface area contributed by atoms with Gasteiger partial charge in [-0.15, -0.1) is 0 Å². The lowest BCUT2D eigenvalue weighted by Gasteiger charge is -2.05. The molecule has 1 amide bonds. The predicted molar refractivity (Wildman–Crippen MR) is 65.5 cm³/mol. The topological polar surface area (TPSA) is 62.1 Å². The van der Waals surface area contributed by atoms with Crippen molar-refractivity contribution in [1.29, 1.82) is 5.26 Å². The number of hydrogen-bond donors (Lipinski definition) is 1. The quantitative estimate of drug-likeness (QED) is 0.510. The highest BCUT2D eigenvalue weighted by molar-refractivity contribution is 6.31. The van der Waals surface area contributed by atoms with Gasteiger partial charge in [-0.1, -0.05) is 17.7 Å². The fourth-order valence-electron chi connectivity index (χ4n) is 1.12. The molecule has 0 saturated heterocycles. The van der Waals surface area contributed by atoms with Crippen LogP contribution in [0.2, 0.25) is 5.02 Å². The number of halogens is 1. The third kappa shape index (κ3) is 3.51. The van der Waals surface area contributed by atoms with Crippen LogP contribution < -0.4 is 5.32 Å². The van der Waals surface area contributed by atoms with Crippen LogP contribution in [0.25, 0.3) is 0 Å². The Labute approximate surface area is 104 Å². The first-order chi connectivity index (χ1) is 8.08. The lowest BCUT2D eigenvalue weighted by Crippen LogP contribution is -2.13. The molecule has 88 valence electrons. The Kier molecular flexibility index (Phi) is 4.56. The zero-order chi connectivity index (χ0) is 12.8. The lowest BCUT2D eigenvalue weighted by atomic mass is 10.2. The molecule has 0 atom stereocenters. The van der Waals surface area contributed by atoms with Gasteiger partial charge in [-0.2, -0.15) is 5.26 Å². The van der Waals surface area contributed by atoms with Crippen molar-refractivity contribution in [1.82, 2.24) is 0 Å². The Balaban J connectivity index is 2.85. The molecule has 0 fully saturated rings. The molecule has 4 nitrogen and oxygen atoms in total. The van der Waals surface area contributed by atoms with Gasteiger partial charge in [0.05, 0.1) is 7.11 Å². The van der Waals surface area contributed by atoms with E-state index in [9.17, 15) is 4.79 Å². The van der Waals surface area contributed by atoms with Crippen LogP contribution in [0.4, 0.5) is 5.69 Å². The summed E-state index contributed by atoms with van der Waals surface area (Å²) in [6, 6.07) is 6.85. The maximum atomic E-state index is 11.6. The molecular formula is C12H11ClN2O2. The monoisotopic (exact) mass is 250 g/mol. The van der Waals surface area contributed by atoms with Gasteiger partial charge < -0.3 is 10.1 Å². The van der Waals surface area contributed by atoms with Gasteiger partial charge in [0, 0.05) is 10.7 Å². The van der Waals surface area contributed by atoms with Crippen molar-refractivity contribution in [3.05, 3.63) is 40.6 Å². The minimum atomic E-state index is -0.533. The van der Waals surface area contributed by atoms with E-state index in [0.717, 1.165) is 11.8 Å². The highest BCUT2D eigenvalue weighted by Gasteiger charge is 2.10. The Morgan fingerprint density at radius 2 is 2.29 bits per heavy atom. The summed E-state index contributed by atoms with van der Waals surface area (Å²) in [7, 11) is 1.37. The van der Waals surface area contributed by atoms with Crippen molar-refractivity contribution in [2.45, 2.75) is 6.92 Å². The van der Waals surface area contributed by atoms with Gasteiger partial charge in [0.15, 0.2) is 5.57 Å². The Morgan fingerprint density at radius 3 is 2.82 bits per heavy atom. The summed E-state index contributed by atoms with van der Waals surface area (Å²) in [5, 5.41) is 11.8. The van der Waals surface area contributed by atoms with Crippen LogP contribution in [-0.4, -0.2) is 13.0 Å². The Morgan fingerprint density at radius 1 is 1.59 bits per heavy atom. The molecule has 0 heterocycles. The standard InChI is InChI=1S/C12H11ClN2O2/c1-8-3-4-10(5-11(8)13)15-12(16)9(6-14)7-17-2/h3-5,7H,1-2H3,(H,15,16). The number of hydrogen-bond acceptors (Lipinski definition) is 3. The molecule has 1 aromatic carbocycles. The highest BCUT2D eigenvalue weighted by atomic mass is 35.5. The second-order valence-electron chi connectivity index (χ2n) is 3.30. The largest absolute Gasteiger partial charge is 0.503 e. The fraction of sp³-hybridized carbons (Fsp3) is 0.167. The van der Waals surface area contributed by atoms with Gasteiger partial charge in [0.25, 0.3) is 5.91 Å². The van der Waals surface area contributed by atoms with Crippen LogP contribution in [-0.2, 0) is 9.53 Å². The minimum Gasteiger partial charge on any atom is -0.503 e. The number of nitrogens with zero attached hydrogens (tertiary/aromatic N) is 1. The molecule has 0 spiro atoms. The summed E-state index contributed by atoms with van der Waals surface area (Å²) in [6.07, 6.45) is 1.09. The molecule has 0 saturated carbocycles. The van der Waals surface area contributed by atoms with Crippen molar-refractivity contribution >= 4 is 23.2 Å². The van der Waals surface area contributed by atoms with Crippen LogP contribution in [0.1, 0.15) is 5.56 Å². The summed E-state index contributed by atoms with van der Waals surface area (Å²) in [5.74, 6) is -0.533. The number of ether oxygens (including phenoxy) is 1. The first-order valence-corrected chi connectivity index (χ1v) is 5.17. The van der Waals surface area contributed by atoms with E-state index in [-0.39, 0.29) is 5.57 Å². The second-order valence-corrected chi connectivity index (χ2v) is 3.70. The van der Waals surface area contributed by atoms with Crippen molar-refractivity contribution in [2.24, 2.45) is 0 Å². The SMILES string of the molecule is COC=C(C#N)C(=O)Nc1ccc(C)c(Cl)c1. The van der Waals surface area contributed by atoms with Gasteiger partial charge in [-0.25, -0.2) is 0 Å². The van der Waals surface area contributed by atoms with Crippen molar-refractivity contribution in [2.75, 3.05) is 12.4 Å². The number of aryl methyl sites for hydroxylation is 1. The Hall–Kier alpha value is -1.99. The lowest BCUT2D eigenvalue weighted by molar-refractivity contribution is -0.112. The maximum Gasteiger partial charge on any atom is 0.269 e. The predicted octanol–water partition coefficient (Wildman–Crippen LogP) is 2.64. The maximum absolute atomic E-state index is 11.6. The third-order valence-corrected chi connectivity index (χ3v) is 2.44. The van der Waals surface area contributed by atoms with Gasteiger partial charge in [-0.05, 0) is 24.6 Å². The van der Waals surface area contributed by atoms with Gasteiger partial charge >= 0.3 is 0 Å². The number of benzene rings is 1. The molecule has 1 aromatic rings. The fourth-order valence-corrected chi connectivity index (χ4v) is 1.30. The van der Waals surface area contributed by atoms with Crippen LogP contribution >= 0.6 is 11.6 Å². The number of methoxy groups -OCH3 is 1. The van der Waals surface area contributed by atoms with Crippen molar-refractivity contribution in [3.63, 3.8) is 0 Å². The minimum absolute atomic E-state index is 0.107. The van der Waals surface area contributed by atoms with E-state index in [4.69, 9.17) is 16.9 Å². The molecule has 0 aliphatic carbocycles. The van der Waals surface area contributed by atoms with E-state index >= 15 is 0 Å². The smallest absolute Gasteiger partial charge is 0.269 e. The van der Waals surface area contributed by atoms with Crippen LogP contribution in [0.5, 0.6) is 0 Å². The number of carbonyl (C=O) groups is 1. The van der Waals surface area contributed by atoms with Crippen LogP contribution in [0, 0.1) is 18.3 Å². The summed E-state index contributed by atoms with van der Waals surface area (Å²) in [5.41, 5.74) is 1.34. The molecular weight excluding hydrogens is 240 g/mol. The average Bonchev–Trinajstić information content (AvgIpc) is 2.30. The van der Waals surface area contributed by atoms with Gasteiger partial charge in [-0.3, -0.25) is 4.79 Å². The normalized spacial score (nSPS) is 10.6. The molecule has 0 radical (unpaired) electrons. The number of carbonyl (C=O) groups excluding carboxylic acids is 1. The number of nitriles is 1. The van der Waals surface area contributed by atoms with Crippen molar-refractivity contribution in [3.8, 4) is 6.07 Å². The van der Waals surface area contributed by atoms with E-state index in [1.807, 2.05) is 6.92 Å². The molecule has 0 aliphatic rings. The summed E-state index contributed by atoms with van der Waals surface area (Å²) in [6.45, 7) is 1.86.